The normalized spacial score (nSPS) is 24.5. The monoisotopic (exact) mass is 206 g/mol. The van der Waals surface area contributed by atoms with Crippen LogP contribution in [-0.2, 0) is 18.3 Å². The molecule has 0 radical (unpaired) electrons. The van der Waals surface area contributed by atoms with Gasteiger partial charge in [0.25, 0.3) is 0 Å². The van der Waals surface area contributed by atoms with Crippen molar-refractivity contribution in [1.82, 2.24) is 0 Å². The van der Waals surface area contributed by atoms with Crippen molar-refractivity contribution in [2.45, 2.75) is 31.8 Å². The highest BCUT2D eigenvalue weighted by Gasteiger charge is 2.23. The molecule has 0 aromatic heterocycles. The Labute approximate surface area is 81.0 Å². The maximum Gasteiger partial charge on any atom is 0.323 e. The molecule has 0 bridgehead atoms. The molecule has 0 saturated carbocycles. The molecule has 0 spiro atoms. The lowest BCUT2D eigenvalue weighted by Gasteiger charge is -2.29. The third kappa shape index (κ3) is 3.74. The Morgan fingerprint density at radius 2 is 2.08 bits per heavy atom. The Hall–Kier alpha value is 0.0569. The van der Waals surface area contributed by atoms with Gasteiger partial charge in [-0.3, -0.25) is 0 Å². The van der Waals surface area contributed by atoms with E-state index in [1.807, 2.05) is 6.92 Å². The third-order valence-corrected chi connectivity index (χ3v) is 4.19. The molecule has 0 aromatic rings. The lowest BCUT2D eigenvalue weighted by Crippen LogP contribution is -2.35. The minimum absolute atomic E-state index is 0.0124. The maximum absolute atomic E-state index is 5.57. The second-order valence-electron chi connectivity index (χ2n) is 3.17. The van der Waals surface area contributed by atoms with Gasteiger partial charge in [0.1, 0.15) is 0 Å². The highest BCUT2D eigenvalue weighted by atomic mass is 28.3. The summed E-state index contributed by atoms with van der Waals surface area (Å²) in [7, 11) is 1.90. The van der Waals surface area contributed by atoms with E-state index in [-0.39, 0.29) is 12.4 Å². The molecular formula is C8H18O4Si. The predicted octanol–water partition coefficient (Wildman–Crippen LogP) is 0.651. The number of hydrogen-bond acceptors (Lipinski definition) is 4. The molecule has 5 heteroatoms. The van der Waals surface area contributed by atoms with Crippen molar-refractivity contribution in [2.75, 3.05) is 20.8 Å². The van der Waals surface area contributed by atoms with Gasteiger partial charge in [-0.25, -0.2) is 0 Å². The van der Waals surface area contributed by atoms with Crippen LogP contribution in [0, 0.1) is 0 Å². The SMILES string of the molecule is CO[SiH](CC(C)OC1CCO1)OC. The van der Waals surface area contributed by atoms with Crippen molar-refractivity contribution in [3.05, 3.63) is 0 Å². The zero-order chi connectivity index (χ0) is 9.68. The van der Waals surface area contributed by atoms with Gasteiger partial charge in [0.05, 0.1) is 12.7 Å². The van der Waals surface area contributed by atoms with Gasteiger partial charge >= 0.3 is 9.28 Å². The van der Waals surface area contributed by atoms with Crippen molar-refractivity contribution in [1.29, 1.82) is 0 Å². The molecule has 1 fully saturated rings. The molecule has 1 saturated heterocycles. The van der Waals surface area contributed by atoms with Crippen LogP contribution in [0.15, 0.2) is 0 Å². The van der Waals surface area contributed by atoms with Crippen molar-refractivity contribution in [3.8, 4) is 0 Å². The summed E-state index contributed by atoms with van der Waals surface area (Å²) in [4.78, 5) is 0. The highest BCUT2D eigenvalue weighted by Crippen LogP contribution is 2.16. The van der Waals surface area contributed by atoms with Crippen LogP contribution >= 0.6 is 0 Å². The smallest absolute Gasteiger partial charge is 0.323 e. The van der Waals surface area contributed by atoms with Gasteiger partial charge in [0, 0.05) is 26.7 Å². The van der Waals surface area contributed by atoms with Gasteiger partial charge in [-0.05, 0) is 6.92 Å². The van der Waals surface area contributed by atoms with E-state index in [1.165, 1.54) is 0 Å². The Balaban J connectivity index is 2.10. The average molecular weight is 206 g/mol. The first-order valence-electron chi connectivity index (χ1n) is 4.59. The first-order valence-corrected chi connectivity index (χ1v) is 6.35. The van der Waals surface area contributed by atoms with Crippen LogP contribution in [0.3, 0.4) is 0 Å². The lowest BCUT2D eigenvalue weighted by atomic mass is 10.3. The third-order valence-electron chi connectivity index (χ3n) is 2.09. The van der Waals surface area contributed by atoms with Crippen molar-refractivity contribution < 1.29 is 18.3 Å². The van der Waals surface area contributed by atoms with Crippen LogP contribution in [0.4, 0.5) is 0 Å². The van der Waals surface area contributed by atoms with E-state index < -0.39 is 9.28 Å². The molecule has 1 heterocycles. The van der Waals surface area contributed by atoms with Crippen LogP contribution in [0.25, 0.3) is 0 Å². The predicted molar refractivity (Wildman–Crippen MR) is 50.9 cm³/mol. The lowest BCUT2D eigenvalue weighted by molar-refractivity contribution is -0.230. The molecule has 0 aliphatic carbocycles. The molecule has 4 nitrogen and oxygen atoms in total. The van der Waals surface area contributed by atoms with Gasteiger partial charge in [-0.1, -0.05) is 0 Å². The minimum Gasteiger partial charge on any atom is -0.400 e. The van der Waals surface area contributed by atoms with E-state index in [0.717, 1.165) is 19.1 Å². The molecule has 0 amide bonds. The van der Waals surface area contributed by atoms with E-state index in [9.17, 15) is 0 Å². The first-order chi connectivity index (χ1) is 6.26. The van der Waals surface area contributed by atoms with E-state index in [2.05, 4.69) is 0 Å². The molecule has 0 N–H and O–H groups in total. The van der Waals surface area contributed by atoms with Gasteiger partial charge in [-0.2, -0.15) is 0 Å². The minimum atomic E-state index is -1.48. The van der Waals surface area contributed by atoms with E-state index in [1.54, 1.807) is 14.2 Å². The average Bonchev–Trinajstić information content (AvgIpc) is 2.07. The van der Waals surface area contributed by atoms with Crippen LogP contribution in [-0.4, -0.2) is 42.5 Å². The van der Waals surface area contributed by atoms with Crippen molar-refractivity contribution in [2.24, 2.45) is 0 Å². The second-order valence-corrected chi connectivity index (χ2v) is 5.45. The van der Waals surface area contributed by atoms with E-state index in [4.69, 9.17) is 18.3 Å². The number of ether oxygens (including phenoxy) is 2. The zero-order valence-corrected chi connectivity index (χ0v) is 9.64. The van der Waals surface area contributed by atoms with Crippen molar-refractivity contribution >= 4 is 9.28 Å². The zero-order valence-electron chi connectivity index (χ0n) is 8.49. The summed E-state index contributed by atoms with van der Waals surface area (Å²) in [5.41, 5.74) is 0. The fourth-order valence-electron chi connectivity index (χ4n) is 1.20. The van der Waals surface area contributed by atoms with Gasteiger partial charge in [0.2, 0.25) is 0 Å². The highest BCUT2D eigenvalue weighted by molar-refractivity contribution is 6.44. The topological polar surface area (TPSA) is 36.9 Å². The van der Waals surface area contributed by atoms with Crippen LogP contribution in [0.2, 0.25) is 6.04 Å². The molecule has 2 unspecified atom stereocenters. The van der Waals surface area contributed by atoms with Crippen LogP contribution in [0.1, 0.15) is 13.3 Å². The van der Waals surface area contributed by atoms with Crippen molar-refractivity contribution in [3.63, 3.8) is 0 Å². The standard InChI is InChI=1S/C8H18O4Si/c1-7(6-13(9-2)10-3)12-8-4-5-11-8/h7-8,13H,4-6H2,1-3H3. The summed E-state index contributed by atoms with van der Waals surface area (Å²) in [5.74, 6) is 0. The summed E-state index contributed by atoms with van der Waals surface area (Å²) >= 11 is 0. The molecule has 1 aliphatic rings. The summed E-state index contributed by atoms with van der Waals surface area (Å²) in [6.45, 7) is 2.85. The molecular weight excluding hydrogens is 188 g/mol. The number of hydrogen-bond donors (Lipinski definition) is 0. The fourth-order valence-corrected chi connectivity index (χ4v) is 2.43. The quantitative estimate of drug-likeness (QED) is 0.598. The maximum atomic E-state index is 5.57. The van der Waals surface area contributed by atoms with Gasteiger partial charge in [-0.15, -0.1) is 0 Å². The van der Waals surface area contributed by atoms with Crippen LogP contribution in [0.5, 0.6) is 0 Å². The summed E-state index contributed by atoms with van der Waals surface area (Å²) < 4.78 is 21.1. The Kier molecular flexibility index (Phi) is 4.90. The Morgan fingerprint density at radius 1 is 1.46 bits per heavy atom. The van der Waals surface area contributed by atoms with E-state index >= 15 is 0 Å². The first kappa shape index (κ1) is 11.1. The molecule has 1 rings (SSSR count). The molecule has 2 atom stereocenters. The Morgan fingerprint density at radius 3 is 2.46 bits per heavy atom. The molecule has 1 aliphatic heterocycles. The largest absolute Gasteiger partial charge is 0.400 e. The second kappa shape index (κ2) is 5.72. The molecule has 0 aromatic carbocycles. The molecule has 13 heavy (non-hydrogen) atoms. The van der Waals surface area contributed by atoms with Gasteiger partial charge in [0.15, 0.2) is 6.29 Å². The van der Waals surface area contributed by atoms with Gasteiger partial charge < -0.3 is 18.3 Å². The Bertz CT molecular complexity index is 136. The number of rotatable bonds is 6. The fraction of sp³-hybridized carbons (Fsp3) is 1.00. The molecule has 78 valence electrons. The summed E-state index contributed by atoms with van der Waals surface area (Å²) in [6.07, 6.45) is 1.19. The summed E-state index contributed by atoms with van der Waals surface area (Å²) in [5, 5.41) is 0. The van der Waals surface area contributed by atoms with Crippen LogP contribution < -0.4 is 0 Å². The van der Waals surface area contributed by atoms with E-state index in [0.29, 0.717) is 0 Å². The summed E-state index contributed by atoms with van der Waals surface area (Å²) in [6, 6.07) is 0.868.